The molecule has 0 aliphatic heterocycles. The fourth-order valence-electron chi connectivity index (χ4n) is 5.75. The van der Waals surface area contributed by atoms with Crippen molar-refractivity contribution >= 4 is 34.7 Å². The van der Waals surface area contributed by atoms with Gasteiger partial charge in [-0.1, -0.05) is 0 Å². The van der Waals surface area contributed by atoms with Crippen molar-refractivity contribution < 1.29 is 43.5 Å². The van der Waals surface area contributed by atoms with Gasteiger partial charge in [-0.15, -0.1) is 0 Å². The Morgan fingerprint density at radius 2 is 1.88 bits per heavy atom. The predicted octanol–water partition coefficient (Wildman–Crippen LogP) is -1.09. The summed E-state index contributed by atoms with van der Waals surface area (Å²) in [5.41, 5.74) is 0.107. The number of benzene rings is 1. The third-order valence-corrected chi connectivity index (χ3v) is 7.18. The van der Waals surface area contributed by atoms with Crippen molar-refractivity contribution in [1.82, 2.24) is 4.90 Å². The van der Waals surface area contributed by atoms with Gasteiger partial charge in [-0.2, -0.15) is 0 Å². The summed E-state index contributed by atoms with van der Waals surface area (Å²) >= 11 is 0. The van der Waals surface area contributed by atoms with Crippen molar-refractivity contribution in [2.24, 2.45) is 29.4 Å². The van der Waals surface area contributed by atoms with Gasteiger partial charge in [0.2, 0.25) is 11.7 Å². The van der Waals surface area contributed by atoms with Crippen LogP contribution in [-0.4, -0.2) is 74.8 Å². The van der Waals surface area contributed by atoms with E-state index in [1.54, 1.807) is 0 Å². The van der Waals surface area contributed by atoms with Gasteiger partial charge in [0.25, 0.3) is 0 Å². The largest absolute Gasteiger partial charge is 0.502 e. The molecule has 3 aliphatic carbocycles. The highest BCUT2D eigenvalue weighted by atomic mass is 19.1. The van der Waals surface area contributed by atoms with E-state index in [-0.39, 0.29) is 18.4 Å². The molecule has 12 nitrogen and oxygen atoms in total. The van der Waals surface area contributed by atoms with Gasteiger partial charge in [-0.05, 0) is 32.9 Å². The molecule has 0 aromatic heterocycles. The van der Waals surface area contributed by atoms with E-state index < -0.39 is 92.1 Å². The Labute approximate surface area is 190 Å². The second-order valence-corrected chi connectivity index (χ2v) is 9.13. The van der Waals surface area contributed by atoms with Crippen LogP contribution in [0.5, 0.6) is 5.75 Å². The molecule has 6 atom stereocenters. The highest BCUT2D eigenvalue weighted by Gasteiger charge is 2.69. The number of rotatable bonds is 3. The number of nitro benzene ring substituents is 1. The fraction of sp³-hybridized carbons (Fsp3) is 0.476. The molecular weight excluding hydrogens is 457 g/mol. The Hall–Kier alpha value is -3.58. The van der Waals surface area contributed by atoms with Crippen molar-refractivity contribution in [3.05, 3.63) is 33.1 Å². The number of aromatic hydroxyl groups is 1. The lowest BCUT2D eigenvalue weighted by molar-refractivity contribution is -0.386. The first kappa shape index (κ1) is 23.6. The topological polar surface area (TPSA) is 198 Å². The molecular formula is C21H20FN3O9. The number of carbonyl (C=O) groups excluding carboxylic acids is 5. The van der Waals surface area contributed by atoms with Crippen LogP contribution < -0.4 is 5.73 Å². The van der Waals surface area contributed by atoms with Gasteiger partial charge in [0, 0.05) is 11.5 Å². The summed E-state index contributed by atoms with van der Waals surface area (Å²) in [6.07, 6.45) is -0.565. The number of amides is 1. The van der Waals surface area contributed by atoms with Crippen molar-refractivity contribution in [3.63, 3.8) is 0 Å². The number of hydrogen-bond donors (Lipinski definition) is 3. The number of aliphatic hydroxyl groups is 1. The maximum atomic E-state index is 14.7. The third kappa shape index (κ3) is 2.86. The highest BCUT2D eigenvalue weighted by Crippen LogP contribution is 2.51. The lowest BCUT2D eigenvalue weighted by Crippen LogP contribution is -2.74. The van der Waals surface area contributed by atoms with E-state index in [1.807, 2.05) is 0 Å². The minimum atomic E-state index is -2.92. The van der Waals surface area contributed by atoms with Crippen LogP contribution in [0.25, 0.3) is 0 Å². The van der Waals surface area contributed by atoms with Crippen molar-refractivity contribution in [2.45, 2.75) is 24.5 Å². The molecule has 180 valence electrons. The van der Waals surface area contributed by atoms with Gasteiger partial charge in [0.05, 0.1) is 28.5 Å². The molecule has 13 heteroatoms. The van der Waals surface area contributed by atoms with Gasteiger partial charge >= 0.3 is 5.69 Å². The number of phenols is 1. The summed E-state index contributed by atoms with van der Waals surface area (Å²) in [4.78, 5) is 76.1. The second-order valence-electron chi connectivity index (χ2n) is 9.13. The number of Topliss-reactive ketones (excluding diaryl/α,β-unsaturated/α-hetero) is 4. The molecule has 4 N–H and O–H groups in total. The number of hydrogen-bond acceptors (Lipinski definition) is 10. The van der Waals surface area contributed by atoms with E-state index in [0.717, 1.165) is 0 Å². The van der Waals surface area contributed by atoms with E-state index in [0.29, 0.717) is 6.07 Å². The minimum Gasteiger partial charge on any atom is -0.502 e. The van der Waals surface area contributed by atoms with Gasteiger partial charge in [-0.25, -0.2) is 4.39 Å². The summed E-state index contributed by atoms with van der Waals surface area (Å²) in [7, 11) is 2.87. The lowest BCUT2D eigenvalue weighted by atomic mass is 9.52. The van der Waals surface area contributed by atoms with Crippen LogP contribution in [0, 0.1) is 39.6 Å². The maximum absolute atomic E-state index is 14.7. The first-order valence-electron chi connectivity index (χ1n) is 10.3. The number of carbonyl (C=O) groups is 5. The number of ketones is 4. The minimum absolute atomic E-state index is 0.249. The lowest BCUT2D eigenvalue weighted by Gasteiger charge is -2.52. The average molecular weight is 477 g/mol. The fourth-order valence-corrected chi connectivity index (χ4v) is 5.75. The van der Waals surface area contributed by atoms with Crippen molar-refractivity contribution in [1.29, 1.82) is 0 Å². The number of primary amides is 1. The molecule has 4 rings (SSSR count). The highest BCUT2D eigenvalue weighted by molar-refractivity contribution is 6.32. The molecule has 0 radical (unpaired) electrons. The summed E-state index contributed by atoms with van der Waals surface area (Å²) in [5, 5.41) is 32.8. The van der Waals surface area contributed by atoms with Crippen LogP contribution in [0.3, 0.4) is 0 Å². The molecule has 1 aromatic carbocycles. The van der Waals surface area contributed by atoms with E-state index in [2.05, 4.69) is 0 Å². The van der Waals surface area contributed by atoms with E-state index >= 15 is 0 Å². The number of halogens is 1. The SMILES string of the molecule is CN(C)[C@@H]1C(=O)C(C(N)=O)C(=O)[C@@]2(O)C(=O)C3C(=O)c4c(O)c([N+](=O)[O-])cc(F)c4C[C@H]3C[C@@H]12. The molecule has 2 saturated carbocycles. The first-order chi connectivity index (χ1) is 15.7. The zero-order valence-electron chi connectivity index (χ0n) is 18.0. The Morgan fingerprint density at radius 1 is 1.26 bits per heavy atom. The normalized spacial score (nSPS) is 32.8. The van der Waals surface area contributed by atoms with Crippen LogP contribution in [0.15, 0.2) is 6.07 Å². The maximum Gasteiger partial charge on any atom is 0.314 e. The molecule has 1 aromatic rings. The van der Waals surface area contributed by atoms with Gasteiger partial charge in [0.15, 0.2) is 34.7 Å². The number of nitrogens with two attached hydrogens (primary N) is 1. The van der Waals surface area contributed by atoms with Crippen LogP contribution in [0.1, 0.15) is 22.3 Å². The molecule has 1 amide bonds. The van der Waals surface area contributed by atoms with Crippen molar-refractivity contribution in [3.8, 4) is 5.75 Å². The Kier molecular flexibility index (Phi) is 5.18. The summed E-state index contributed by atoms with van der Waals surface area (Å²) < 4.78 is 14.7. The molecule has 0 bridgehead atoms. The van der Waals surface area contributed by atoms with Crippen LogP contribution >= 0.6 is 0 Å². The van der Waals surface area contributed by atoms with Gasteiger partial charge in [0.1, 0.15) is 5.82 Å². The molecule has 0 heterocycles. The number of likely N-dealkylation sites (N-methyl/N-ethyl adjacent to an activating group) is 1. The monoisotopic (exact) mass is 477 g/mol. The average Bonchev–Trinajstić information content (AvgIpc) is 2.72. The van der Waals surface area contributed by atoms with Crippen molar-refractivity contribution in [2.75, 3.05) is 14.1 Å². The standard InChI is InChI=1S/C21H20FN3O9/c1-24(2)14-8-4-6-3-7-9(22)5-10(25(33)34)15(26)12(7)16(27)11(6)18(29)21(8,32)19(30)13(17(14)28)20(23)31/h5-6,8,11,13-14,26,32H,3-4H2,1-2H3,(H2,23,31)/t6-,8-,11?,13?,14-,21-/m0/s1. The van der Waals surface area contributed by atoms with Crippen LogP contribution in [-0.2, 0) is 25.6 Å². The summed E-state index contributed by atoms with van der Waals surface area (Å²) in [5.74, 6) is -14.7. The third-order valence-electron chi connectivity index (χ3n) is 7.18. The number of phenolic OH excluding ortho intramolecular Hbond substituents is 1. The first-order valence-corrected chi connectivity index (χ1v) is 10.3. The molecule has 0 spiro atoms. The zero-order chi connectivity index (χ0) is 25.4. The number of nitrogens with zero attached hydrogens (tertiary/aromatic N) is 2. The predicted molar refractivity (Wildman–Crippen MR) is 108 cm³/mol. The number of fused-ring (bicyclic) bond motifs is 3. The summed E-state index contributed by atoms with van der Waals surface area (Å²) in [6, 6.07) is -0.812. The quantitative estimate of drug-likeness (QED) is 0.273. The zero-order valence-corrected chi connectivity index (χ0v) is 18.0. The molecule has 2 unspecified atom stereocenters. The van der Waals surface area contributed by atoms with E-state index in [4.69, 9.17) is 5.73 Å². The molecule has 3 aliphatic rings. The second kappa shape index (κ2) is 7.46. The summed E-state index contributed by atoms with van der Waals surface area (Å²) in [6.45, 7) is 0. The van der Waals surface area contributed by atoms with Crippen LogP contribution in [0.4, 0.5) is 10.1 Å². The Morgan fingerprint density at radius 3 is 2.41 bits per heavy atom. The van der Waals surface area contributed by atoms with E-state index in [1.165, 1.54) is 19.0 Å². The molecule has 34 heavy (non-hydrogen) atoms. The van der Waals surface area contributed by atoms with Gasteiger partial charge < -0.3 is 15.9 Å². The van der Waals surface area contributed by atoms with Gasteiger partial charge in [-0.3, -0.25) is 39.0 Å². The Balaban J connectivity index is 1.90. The van der Waals surface area contributed by atoms with Crippen LogP contribution in [0.2, 0.25) is 0 Å². The molecule has 0 saturated heterocycles. The molecule has 2 fully saturated rings. The smallest absolute Gasteiger partial charge is 0.314 e. The Bertz CT molecular complexity index is 1210. The number of nitro groups is 1. The van der Waals surface area contributed by atoms with E-state index in [9.17, 15) is 48.7 Å².